The first-order valence-corrected chi connectivity index (χ1v) is 10.5. The number of hydrogen-bond acceptors (Lipinski definition) is 3. The maximum Gasteiger partial charge on any atom is 0.387 e. The van der Waals surface area contributed by atoms with E-state index in [0.29, 0.717) is 0 Å². The maximum absolute atomic E-state index is 12.3. The quantitative estimate of drug-likeness (QED) is 0.690. The van der Waals surface area contributed by atoms with E-state index >= 15 is 0 Å². The van der Waals surface area contributed by atoms with Crippen molar-refractivity contribution in [3.8, 4) is 5.75 Å². The van der Waals surface area contributed by atoms with Crippen LogP contribution in [0.2, 0.25) is 19.6 Å². The molecule has 0 aliphatic carbocycles. The SMILES string of the molecule is C[Si](C)(C)c1cn2c(nc3ccc(OC(F)F)cc32)s1. The van der Waals surface area contributed by atoms with Gasteiger partial charge < -0.3 is 4.74 Å². The van der Waals surface area contributed by atoms with E-state index in [-0.39, 0.29) is 5.75 Å². The predicted molar refractivity (Wildman–Crippen MR) is 80.2 cm³/mol. The minimum Gasteiger partial charge on any atom is -0.435 e. The van der Waals surface area contributed by atoms with Gasteiger partial charge in [0.05, 0.1) is 19.1 Å². The molecule has 0 unspecified atom stereocenters. The van der Waals surface area contributed by atoms with E-state index in [4.69, 9.17) is 0 Å². The molecule has 3 aromatic rings. The van der Waals surface area contributed by atoms with Gasteiger partial charge in [-0.25, -0.2) is 4.98 Å². The average molecular weight is 312 g/mol. The molecule has 3 rings (SSSR count). The molecule has 2 aromatic heterocycles. The number of ether oxygens (including phenoxy) is 1. The molecule has 0 radical (unpaired) electrons. The number of alkyl halides is 2. The lowest BCUT2D eigenvalue weighted by molar-refractivity contribution is -0.0497. The van der Waals surface area contributed by atoms with E-state index < -0.39 is 14.7 Å². The van der Waals surface area contributed by atoms with Crippen LogP contribution in [-0.4, -0.2) is 24.1 Å². The molecule has 2 heterocycles. The van der Waals surface area contributed by atoms with E-state index in [1.54, 1.807) is 23.5 Å². The number of aromatic nitrogens is 2. The molecule has 7 heteroatoms. The second kappa shape index (κ2) is 4.52. The highest BCUT2D eigenvalue weighted by molar-refractivity contribution is 7.29. The first-order valence-electron chi connectivity index (χ1n) is 6.21. The van der Waals surface area contributed by atoms with Crippen molar-refractivity contribution < 1.29 is 13.5 Å². The van der Waals surface area contributed by atoms with E-state index in [1.165, 1.54) is 10.6 Å². The molecule has 106 valence electrons. The van der Waals surface area contributed by atoms with Crippen LogP contribution in [0.25, 0.3) is 16.0 Å². The summed E-state index contributed by atoms with van der Waals surface area (Å²) in [5.41, 5.74) is 1.60. The molecule has 0 atom stereocenters. The Kier molecular flexibility index (Phi) is 3.06. The lowest BCUT2D eigenvalue weighted by Gasteiger charge is -2.11. The molecule has 0 amide bonds. The molecular weight excluding hydrogens is 298 g/mol. The number of thiazole rings is 1. The fourth-order valence-corrected chi connectivity index (χ4v) is 4.78. The summed E-state index contributed by atoms with van der Waals surface area (Å²) < 4.78 is 32.3. The van der Waals surface area contributed by atoms with E-state index in [0.717, 1.165) is 16.0 Å². The summed E-state index contributed by atoms with van der Waals surface area (Å²) in [6, 6.07) is 4.84. The molecule has 0 N–H and O–H groups in total. The number of fused-ring (bicyclic) bond motifs is 3. The molecule has 0 bridgehead atoms. The summed E-state index contributed by atoms with van der Waals surface area (Å²) in [5.74, 6) is 0.162. The molecule has 0 fully saturated rings. The van der Waals surface area contributed by atoms with Crippen LogP contribution in [0.3, 0.4) is 0 Å². The minimum atomic E-state index is -2.81. The molecule has 1 aromatic carbocycles. The van der Waals surface area contributed by atoms with Crippen molar-refractivity contribution in [3.05, 3.63) is 24.4 Å². The third-order valence-electron chi connectivity index (χ3n) is 3.04. The first kappa shape index (κ1) is 13.5. The number of benzene rings is 1. The summed E-state index contributed by atoms with van der Waals surface area (Å²) in [5, 5.41) is 0. The molecule has 20 heavy (non-hydrogen) atoms. The highest BCUT2D eigenvalue weighted by Crippen LogP contribution is 2.25. The van der Waals surface area contributed by atoms with Crippen LogP contribution in [0.15, 0.2) is 24.4 Å². The van der Waals surface area contributed by atoms with Crippen molar-refractivity contribution in [1.82, 2.24) is 9.38 Å². The van der Waals surface area contributed by atoms with Gasteiger partial charge in [0.2, 0.25) is 0 Å². The number of rotatable bonds is 3. The number of nitrogens with zero attached hydrogens (tertiary/aromatic N) is 2. The topological polar surface area (TPSA) is 26.5 Å². The minimum absolute atomic E-state index is 0.162. The molecule has 0 aliphatic rings. The van der Waals surface area contributed by atoms with Gasteiger partial charge in [-0.2, -0.15) is 8.78 Å². The molecular formula is C13H14F2N2OSSi. The fourth-order valence-electron chi connectivity index (χ4n) is 2.01. The van der Waals surface area contributed by atoms with Crippen molar-refractivity contribution in [2.24, 2.45) is 0 Å². The Balaban J connectivity index is 2.16. The maximum atomic E-state index is 12.3. The summed E-state index contributed by atoms with van der Waals surface area (Å²) in [7, 11) is -1.40. The summed E-state index contributed by atoms with van der Waals surface area (Å²) in [6.07, 6.45) is 2.08. The Hall–Kier alpha value is -1.47. The smallest absolute Gasteiger partial charge is 0.387 e. The summed E-state index contributed by atoms with van der Waals surface area (Å²) >= 11 is 1.67. The Morgan fingerprint density at radius 3 is 2.70 bits per heavy atom. The average Bonchev–Trinajstić information content (AvgIpc) is 2.85. The van der Waals surface area contributed by atoms with Gasteiger partial charge in [0, 0.05) is 16.8 Å². The number of halogens is 2. The van der Waals surface area contributed by atoms with Crippen LogP contribution in [-0.2, 0) is 0 Å². The second-order valence-corrected chi connectivity index (χ2v) is 12.0. The molecule has 0 aliphatic heterocycles. The van der Waals surface area contributed by atoms with Crippen LogP contribution >= 0.6 is 11.3 Å². The Morgan fingerprint density at radius 1 is 1.30 bits per heavy atom. The zero-order chi connectivity index (χ0) is 14.5. The molecule has 0 saturated carbocycles. The van der Waals surface area contributed by atoms with E-state index in [9.17, 15) is 8.78 Å². The number of hydrogen-bond donors (Lipinski definition) is 0. The monoisotopic (exact) mass is 312 g/mol. The zero-order valence-electron chi connectivity index (χ0n) is 11.4. The lowest BCUT2D eigenvalue weighted by atomic mass is 10.3. The molecule has 3 nitrogen and oxygen atoms in total. The second-order valence-electron chi connectivity index (χ2n) is 5.64. The fraction of sp³-hybridized carbons (Fsp3) is 0.308. The Labute approximate surface area is 119 Å². The van der Waals surface area contributed by atoms with Crippen molar-refractivity contribution in [2.75, 3.05) is 0 Å². The van der Waals surface area contributed by atoms with Gasteiger partial charge >= 0.3 is 6.61 Å². The normalized spacial score (nSPS) is 12.7. The van der Waals surface area contributed by atoms with Crippen molar-refractivity contribution in [1.29, 1.82) is 0 Å². The highest BCUT2D eigenvalue weighted by atomic mass is 32.1. The summed E-state index contributed by atoms with van der Waals surface area (Å²) in [6.45, 7) is 4.00. The van der Waals surface area contributed by atoms with Gasteiger partial charge in [-0.1, -0.05) is 19.6 Å². The van der Waals surface area contributed by atoms with Gasteiger partial charge in [0.1, 0.15) is 5.75 Å². The Bertz CT molecular complexity index is 776. The highest BCUT2D eigenvalue weighted by Gasteiger charge is 2.21. The van der Waals surface area contributed by atoms with Gasteiger partial charge in [0.15, 0.2) is 4.96 Å². The van der Waals surface area contributed by atoms with Crippen molar-refractivity contribution in [3.63, 3.8) is 0 Å². The van der Waals surface area contributed by atoms with Crippen LogP contribution in [0.4, 0.5) is 8.78 Å². The standard InChI is InChI=1S/C13H14F2N2OSSi/c1-20(2,3)11-7-17-10-6-8(18-12(14)15)4-5-9(10)16-13(17)19-11/h4-7,12H,1-3H3. The van der Waals surface area contributed by atoms with Crippen LogP contribution in [0.1, 0.15) is 0 Å². The molecule has 0 saturated heterocycles. The van der Waals surface area contributed by atoms with Crippen LogP contribution in [0, 0.1) is 0 Å². The van der Waals surface area contributed by atoms with Crippen molar-refractivity contribution >= 4 is 39.9 Å². The van der Waals surface area contributed by atoms with E-state index in [1.807, 2.05) is 4.40 Å². The van der Waals surface area contributed by atoms with Gasteiger partial charge in [-0.05, 0) is 12.1 Å². The summed E-state index contributed by atoms with van der Waals surface area (Å²) in [4.78, 5) is 5.43. The largest absolute Gasteiger partial charge is 0.435 e. The van der Waals surface area contributed by atoms with Gasteiger partial charge in [0.25, 0.3) is 0 Å². The number of imidazole rings is 1. The third-order valence-corrected chi connectivity index (χ3v) is 7.59. The molecule has 0 spiro atoms. The van der Waals surface area contributed by atoms with Gasteiger partial charge in [-0.3, -0.25) is 4.40 Å². The Morgan fingerprint density at radius 2 is 2.05 bits per heavy atom. The predicted octanol–water partition coefficient (Wildman–Crippen LogP) is 3.70. The first-order chi connectivity index (χ1) is 9.34. The third kappa shape index (κ3) is 2.31. The van der Waals surface area contributed by atoms with Crippen molar-refractivity contribution in [2.45, 2.75) is 26.3 Å². The van der Waals surface area contributed by atoms with Gasteiger partial charge in [-0.15, -0.1) is 11.3 Å². The van der Waals surface area contributed by atoms with E-state index in [2.05, 4.69) is 35.6 Å². The van der Waals surface area contributed by atoms with Crippen LogP contribution < -0.4 is 9.24 Å². The van der Waals surface area contributed by atoms with Crippen LogP contribution in [0.5, 0.6) is 5.75 Å². The zero-order valence-corrected chi connectivity index (χ0v) is 13.2. The lowest BCUT2D eigenvalue weighted by Crippen LogP contribution is -2.35.